The molecular formula is C15H20N4. The number of rotatable bonds is 5. The number of aromatic nitrogens is 3. The topological polar surface area (TPSA) is 50.7 Å². The third kappa shape index (κ3) is 3.50. The predicted molar refractivity (Wildman–Crippen MR) is 78.1 cm³/mol. The van der Waals surface area contributed by atoms with E-state index in [2.05, 4.69) is 41.0 Å². The lowest BCUT2D eigenvalue weighted by Crippen LogP contribution is -2.07. The van der Waals surface area contributed by atoms with Gasteiger partial charge in [-0.2, -0.15) is 0 Å². The molecular weight excluding hydrogens is 236 g/mol. The van der Waals surface area contributed by atoms with E-state index in [4.69, 9.17) is 0 Å². The Labute approximate surface area is 114 Å². The van der Waals surface area contributed by atoms with Gasteiger partial charge in [-0.25, -0.2) is 9.97 Å². The van der Waals surface area contributed by atoms with Crippen molar-refractivity contribution in [2.45, 2.75) is 33.1 Å². The van der Waals surface area contributed by atoms with Crippen LogP contribution >= 0.6 is 0 Å². The lowest BCUT2D eigenvalue weighted by atomic mass is 10.2. The minimum absolute atomic E-state index is 0.297. The first kappa shape index (κ1) is 13.5. The van der Waals surface area contributed by atoms with Gasteiger partial charge < -0.3 is 5.32 Å². The van der Waals surface area contributed by atoms with Crippen LogP contribution in [0.4, 0.5) is 5.82 Å². The first-order valence-electron chi connectivity index (χ1n) is 6.75. The summed E-state index contributed by atoms with van der Waals surface area (Å²) in [5.74, 6) is 2.02. The van der Waals surface area contributed by atoms with Crippen LogP contribution in [0.2, 0.25) is 0 Å². The van der Waals surface area contributed by atoms with E-state index in [9.17, 15) is 0 Å². The minimum Gasteiger partial charge on any atom is -0.370 e. The fraction of sp³-hybridized carbons (Fsp3) is 0.400. The summed E-state index contributed by atoms with van der Waals surface area (Å²) in [4.78, 5) is 13.5. The van der Waals surface area contributed by atoms with Crippen molar-refractivity contribution in [2.75, 3.05) is 11.9 Å². The highest BCUT2D eigenvalue weighted by Crippen LogP contribution is 2.20. The molecule has 0 spiro atoms. The van der Waals surface area contributed by atoms with Crippen LogP contribution in [-0.4, -0.2) is 21.5 Å². The zero-order valence-electron chi connectivity index (χ0n) is 11.7. The standard InChI is InChI=1S/C15H20N4/c1-4-8-17-14-10-13(12-7-5-6-9-16-12)18-15(19-14)11(2)3/h5-7,9-11H,4,8H2,1-3H3,(H,17,18,19). The van der Waals surface area contributed by atoms with Crippen LogP contribution in [0.1, 0.15) is 38.9 Å². The Morgan fingerprint density at radius 1 is 1.16 bits per heavy atom. The van der Waals surface area contributed by atoms with Gasteiger partial charge in [-0.15, -0.1) is 0 Å². The Kier molecular flexibility index (Phi) is 4.44. The van der Waals surface area contributed by atoms with E-state index >= 15 is 0 Å². The molecule has 0 bridgehead atoms. The Morgan fingerprint density at radius 3 is 2.63 bits per heavy atom. The summed E-state index contributed by atoms with van der Waals surface area (Å²) < 4.78 is 0. The summed E-state index contributed by atoms with van der Waals surface area (Å²) in [7, 11) is 0. The summed E-state index contributed by atoms with van der Waals surface area (Å²) >= 11 is 0. The molecule has 4 heteroatoms. The highest BCUT2D eigenvalue weighted by molar-refractivity contribution is 5.58. The van der Waals surface area contributed by atoms with Gasteiger partial charge in [0.2, 0.25) is 0 Å². The molecule has 0 saturated heterocycles. The number of nitrogens with one attached hydrogen (secondary N) is 1. The van der Waals surface area contributed by atoms with E-state index in [1.165, 1.54) is 0 Å². The summed E-state index contributed by atoms with van der Waals surface area (Å²) in [6.07, 6.45) is 2.85. The highest BCUT2D eigenvalue weighted by Gasteiger charge is 2.09. The first-order valence-corrected chi connectivity index (χ1v) is 6.75. The van der Waals surface area contributed by atoms with Crippen molar-refractivity contribution in [2.24, 2.45) is 0 Å². The number of anilines is 1. The summed E-state index contributed by atoms with van der Waals surface area (Å²) in [6, 6.07) is 7.81. The fourth-order valence-corrected chi connectivity index (χ4v) is 1.71. The lowest BCUT2D eigenvalue weighted by molar-refractivity contribution is 0.775. The van der Waals surface area contributed by atoms with Gasteiger partial charge >= 0.3 is 0 Å². The quantitative estimate of drug-likeness (QED) is 0.889. The van der Waals surface area contributed by atoms with Gasteiger partial charge in [0.05, 0.1) is 11.4 Å². The molecule has 0 aromatic carbocycles. The fourth-order valence-electron chi connectivity index (χ4n) is 1.71. The molecule has 2 aromatic heterocycles. The Bertz CT molecular complexity index is 523. The molecule has 0 fully saturated rings. The third-order valence-corrected chi connectivity index (χ3v) is 2.74. The third-order valence-electron chi connectivity index (χ3n) is 2.74. The number of nitrogens with zero attached hydrogens (tertiary/aromatic N) is 3. The minimum atomic E-state index is 0.297. The van der Waals surface area contributed by atoms with Gasteiger partial charge in [-0.1, -0.05) is 26.8 Å². The van der Waals surface area contributed by atoms with Crippen molar-refractivity contribution in [3.05, 3.63) is 36.3 Å². The van der Waals surface area contributed by atoms with Crippen molar-refractivity contribution >= 4 is 5.82 Å². The SMILES string of the molecule is CCCNc1cc(-c2ccccn2)nc(C(C)C)n1. The molecule has 4 nitrogen and oxygen atoms in total. The van der Waals surface area contributed by atoms with Crippen LogP contribution in [0.3, 0.4) is 0 Å². The summed E-state index contributed by atoms with van der Waals surface area (Å²) in [5.41, 5.74) is 1.75. The number of hydrogen-bond donors (Lipinski definition) is 1. The zero-order chi connectivity index (χ0) is 13.7. The number of hydrogen-bond acceptors (Lipinski definition) is 4. The van der Waals surface area contributed by atoms with E-state index in [1.54, 1.807) is 6.20 Å². The van der Waals surface area contributed by atoms with E-state index in [0.717, 1.165) is 36.0 Å². The molecule has 0 unspecified atom stereocenters. The van der Waals surface area contributed by atoms with Crippen LogP contribution in [-0.2, 0) is 0 Å². The molecule has 19 heavy (non-hydrogen) atoms. The van der Waals surface area contributed by atoms with E-state index in [0.29, 0.717) is 5.92 Å². The smallest absolute Gasteiger partial charge is 0.134 e. The van der Waals surface area contributed by atoms with Crippen molar-refractivity contribution < 1.29 is 0 Å². The molecule has 2 heterocycles. The van der Waals surface area contributed by atoms with Crippen LogP contribution in [0.15, 0.2) is 30.5 Å². The normalized spacial score (nSPS) is 10.7. The van der Waals surface area contributed by atoms with Gasteiger partial charge in [0.25, 0.3) is 0 Å². The van der Waals surface area contributed by atoms with E-state index < -0.39 is 0 Å². The molecule has 0 aliphatic rings. The van der Waals surface area contributed by atoms with Crippen LogP contribution in [0, 0.1) is 0 Å². The lowest BCUT2D eigenvalue weighted by Gasteiger charge is -2.11. The van der Waals surface area contributed by atoms with Gasteiger partial charge in [0.1, 0.15) is 11.6 Å². The molecule has 0 radical (unpaired) electrons. The second kappa shape index (κ2) is 6.27. The van der Waals surface area contributed by atoms with Gasteiger partial charge in [-0.3, -0.25) is 4.98 Å². The molecule has 0 atom stereocenters. The van der Waals surface area contributed by atoms with Crippen molar-refractivity contribution in [1.82, 2.24) is 15.0 Å². The molecule has 2 rings (SSSR count). The monoisotopic (exact) mass is 256 g/mol. The van der Waals surface area contributed by atoms with Crippen molar-refractivity contribution in [3.8, 4) is 11.4 Å². The second-order valence-corrected chi connectivity index (χ2v) is 4.79. The maximum atomic E-state index is 4.60. The second-order valence-electron chi connectivity index (χ2n) is 4.79. The van der Waals surface area contributed by atoms with Gasteiger partial charge in [0.15, 0.2) is 0 Å². The predicted octanol–water partition coefficient (Wildman–Crippen LogP) is 3.48. The van der Waals surface area contributed by atoms with E-state index in [1.807, 2.05) is 24.3 Å². The largest absolute Gasteiger partial charge is 0.370 e. The highest BCUT2D eigenvalue weighted by atomic mass is 15.0. The van der Waals surface area contributed by atoms with Crippen LogP contribution < -0.4 is 5.32 Å². The Balaban J connectivity index is 2.39. The van der Waals surface area contributed by atoms with Crippen molar-refractivity contribution in [1.29, 1.82) is 0 Å². The maximum Gasteiger partial charge on any atom is 0.134 e. The van der Waals surface area contributed by atoms with Crippen molar-refractivity contribution in [3.63, 3.8) is 0 Å². The zero-order valence-corrected chi connectivity index (χ0v) is 11.7. The molecule has 0 amide bonds. The molecule has 0 aliphatic heterocycles. The molecule has 0 saturated carbocycles. The molecule has 2 aromatic rings. The summed E-state index contributed by atoms with van der Waals surface area (Å²) in [6.45, 7) is 7.25. The Hall–Kier alpha value is -1.97. The van der Waals surface area contributed by atoms with Gasteiger partial charge in [-0.05, 0) is 18.6 Å². The van der Waals surface area contributed by atoms with Crippen LogP contribution in [0.25, 0.3) is 11.4 Å². The molecule has 100 valence electrons. The first-order chi connectivity index (χ1) is 9.20. The van der Waals surface area contributed by atoms with Crippen LogP contribution in [0.5, 0.6) is 0 Å². The average molecular weight is 256 g/mol. The molecule has 0 aliphatic carbocycles. The maximum absolute atomic E-state index is 4.60. The average Bonchev–Trinajstić information content (AvgIpc) is 2.45. The summed E-state index contributed by atoms with van der Waals surface area (Å²) in [5, 5.41) is 3.32. The Morgan fingerprint density at radius 2 is 2.00 bits per heavy atom. The molecule has 1 N–H and O–H groups in total. The van der Waals surface area contributed by atoms with Gasteiger partial charge in [0, 0.05) is 24.7 Å². The number of pyridine rings is 1. The van der Waals surface area contributed by atoms with E-state index in [-0.39, 0.29) is 0 Å².